The van der Waals surface area contributed by atoms with Crippen molar-refractivity contribution in [1.82, 2.24) is 4.90 Å². The fourth-order valence-electron chi connectivity index (χ4n) is 1.81. The van der Waals surface area contributed by atoms with Gasteiger partial charge in [0.05, 0.1) is 10.2 Å². The molecule has 1 amide bonds. The summed E-state index contributed by atoms with van der Waals surface area (Å²) in [5, 5.41) is 9.23. The summed E-state index contributed by atoms with van der Waals surface area (Å²) < 4.78 is 31.2. The molecule has 0 aliphatic carbocycles. The van der Waals surface area contributed by atoms with E-state index in [9.17, 15) is 14.7 Å². The quantitative estimate of drug-likeness (QED) is 0.815. The van der Waals surface area contributed by atoms with Crippen molar-refractivity contribution in [2.45, 2.75) is 51.4 Å². The maximum absolute atomic E-state index is 12.0. The van der Waals surface area contributed by atoms with Crippen molar-refractivity contribution in [2.75, 3.05) is 13.6 Å². The van der Waals surface area contributed by atoms with Crippen molar-refractivity contribution in [3.8, 4) is 0 Å². The minimum atomic E-state index is -2.58. The van der Waals surface area contributed by atoms with E-state index in [1.807, 2.05) is 0 Å². The molecule has 1 heterocycles. The van der Waals surface area contributed by atoms with Crippen LogP contribution in [0.5, 0.6) is 0 Å². The molecule has 0 aromatic rings. The van der Waals surface area contributed by atoms with Gasteiger partial charge in [-0.25, -0.2) is 9.59 Å². The summed E-state index contributed by atoms with van der Waals surface area (Å²) in [7, 11) is -2.58. The van der Waals surface area contributed by atoms with E-state index >= 15 is 0 Å². The van der Waals surface area contributed by atoms with Crippen LogP contribution >= 0.6 is 0 Å². The molecule has 1 N–H and O–H groups in total. The van der Waals surface area contributed by atoms with Crippen LogP contribution in [-0.2, 0) is 14.3 Å². The molecule has 0 aromatic heterocycles. The Hall–Kier alpha value is -1.30. The molecule has 1 aliphatic rings. The van der Waals surface area contributed by atoms with Gasteiger partial charge in [0.1, 0.15) is 11.6 Å². The molecule has 1 saturated heterocycles. The van der Waals surface area contributed by atoms with Crippen molar-refractivity contribution >= 4 is 12.1 Å². The van der Waals surface area contributed by atoms with Crippen molar-refractivity contribution in [1.29, 1.82) is 0 Å². The zero-order valence-electron chi connectivity index (χ0n) is 13.8. The normalized spacial score (nSPS) is 27.9. The topological polar surface area (TPSA) is 76.1 Å². The summed E-state index contributed by atoms with van der Waals surface area (Å²) >= 11 is 0. The van der Waals surface area contributed by atoms with Gasteiger partial charge in [0, 0.05) is 20.0 Å². The second kappa shape index (κ2) is 5.56. The van der Waals surface area contributed by atoms with Crippen LogP contribution in [0.25, 0.3) is 0 Å². The number of hydrogen-bond acceptors (Lipinski definition) is 4. The van der Waals surface area contributed by atoms with Gasteiger partial charge in [0.15, 0.2) is 0 Å². The maximum atomic E-state index is 12.0. The first-order chi connectivity index (χ1) is 9.39. The fraction of sp³-hybridized carbons (Fsp3) is 0.833. The highest BCUT2D eigenvalue weighted by Crippen LogP contribution is 2.22. The van der Waals surface area contributed by atoms with Gasteiger partial charge in [0.2, 0.25) is 0 Å². The van der Waals surface area contributed by atoms with Crippen LogP contribution in [0.4, 0.5) is 4.79 Å². The Labute approximate surface area is 111 Å². The lowest BCUT2D eigenvalue weighted by Gasteiger charge is -2.37. The molecule has 0 spiro atoms. The average Bonchev–Trinajstić information content (AvgIpc) is 2.23. The summed E-state index contributed by atoms with van der Waals surface area (Å²) in [6.45, 7) is 5.13. The Kier molecular flexibility index (Phi) is 3.28. The third-order valence-electron chi connectivity index (χ3n) is 2.63. The van der Waals surface area contributed by atoms with Crippen molar-refractivity contribution in [3.63, 3.8) is 0 Å². The summed E-state index contributed by atoms with van der Waals surface area (Å²) in [5.74, 6) is -1.21. The minimum Gasteiger partial charge on any atom is -0.480 e. The van der Waals surface area contributed by atoms with E-state index < -0.39 is 36.8 Å². The first-order valence-electron chi connectivity index (χ1n) is 7.29. The van der Waals surface area contributed by atoms with Gasteiger partial charge in [-0.1, -0.05) is 0 Å². The number of ether oxygens (including phenoxy) is 2. The number of hydrogen-bond donors (Lipinski definition) is 1. The van der Waals surface area contributed by atoms with E-state index in [0.717, 1.165) is 4.90 Å². The lowest BCUT2D eigenvalue weighted by atomic mass is 10.00. The lowest BCUT2D eigenvalue weighted by Crippen LogP contribution is -2.52. The summed E-state index contributed by atoms with van der Waals surface area (Å²) in [4.78, 5) is 24.4. The Morgan fingerprint density at radius 3 is 2.61 bits per heavy atom. The number of piperidine rings is 1. The van der Waals surface area contributed by atoms with Gasteiger partial charge in [-0.15, -0.1) is 0 Å². The third kappa shape index (κ3) is 3.87. The number of carboxylic acid groups (broad SMARTS) is 1. The average molecular weight is 262 g/mol. The summed E-state index contributed by atoms with van der Waals surface area (Å²) in [6.07, 6.45) is -1.27. The summed E-state index contributed by atoms with van der Waals surface area (Å²) in [5.41, 5.74) is -0.730. The standard InChI is InChI=1S/C12H21NO5/c1-12(2,3)18-11(16)13-6-5-8(17-4)7-9(13)10(14)15/h8-9H,5-7H2,1-4H3,(H,14,15)/t8-,9-/m1/s1/i4D3. The van der Waals surface area contributed by atoms with E-state index in [0.29, 0.717) is 0 Å². The number of amides is 1. The highest BCUT2D eigenvalue weighted by Gasteiger charge is 2.38. The fourth-order valence-corrected chi connectivity index (χ4v) is 1.81. The molecule has 6 nitrogen and oxygen atoms in total. The zero-order valence-corrected chi connectivity index (χ0v) is 10.8. The van der Waals surface area contributed by atoms with Crippen LogP contribution in [0, 0.1) is 0 Å². The molecular weight excluding hydrogens is 238 g/mol. The van der Waals surface area contributed by atoms with E-state index in [1.165, 1.54) is 0 Å². The van der Waals surface area contributed by atoms with Gasteiger partial charge >= 0.3 is 12.1 Å². The highest BCUT2D eigenvalue weighted by molar-refractivity contribution is 5.80. The molecule has 0 radical (unpaired) electrons. The van der Waals surface area contributed by atoms with Crippen LogP contribution in [0.2, 0.25) is 0 Å². The molecule has 0 aromatic carbocycles. The largest absolute Gasteiger partial charge is 0.480 e. The van der Waals surface area contributed by atoms with Gasteiger partial charge < -0.3 is 14.6 Å². The molecule has 1 fully saturated rings. The predicted octanol–water partition coefficient (Wildman–Crippen LogP) is 1.49. The highest BCUT2D eigenvalue weighted by atomic mass is 16.6. The number of rotatable bonds is 2. The Bertz CT molecular complexity index is 405. The third-order valence-corrected chi connectivity index (χ3v) is 2.63. The number of carbonyl (C=O) groups is 2. The van der Waals surface area contributed by atoms with Crippen LogP contribution in [-0.4, -0.2) is 53.4 Å². The van der Waals surface area contributed by atoms with Crippen LogP contribution in [0.1, 0.15) is 37.7 Å². The van der Waals surface area contributed by atoms with Gasteiger partial charge in [-0.3, -0.25) is 4.90 Å². The zero-order chi connectivity index (χ0) is 16.4. The molecule has 1 aliphatic heterocycles. The number of carboxylic acids is 1. The Morgan fingerprint density at radius 1 is 1.44 bits per heavy atom. The summed E-state index contributed by atoms with van der Waals surface area (Å²) in [6, 6.07) is -1.15. The van der Waals surface area contributed by atoms with Crippen LogP contribution in [0.3, 0.4) is 0 Å². The lowest BCUT2D eigenvalue weighted by molar-refractivity contribution is -0.146. The second-order valence-electron chi connectivity index (χ2n) is 5.29. The molecule has 0 unspecified atom stereocenters. The number of aliphatic carboxylic acids is 1. The molecular formula is C12H21NO5. The van der Waals surface area contributed by atoms with Gasteiger partial charge in [-0.05, 0) is 27.2 Å². The maximum Gasteiger partial charge on any atom is 0.411 e. The number of likely N-dealkylation sites (tertiary alicyclic amines) is 1. The molecule has 6 heteroatoms. The smallest absolute Gasteiger partial charge is 0.411 e. The molecule has 2 atom stereocenters. The van der Waals surface area contributed by atoms with Crippen LogP contribution in [0.15, 0.2) is 0 Å². The Morgan fingerprint density at radius 2 is 2.11 bits per heavy atom. The SMILES string of the molecule is [2H]C([2H])([2H])O[C@@H]1CCN(C(=O)OC(C)(C)C)[C@@H](C(=O)O)C1. The Balaban J connectivity index is 2.76. The monoisotopic (exact) mass is 262 g/mol. The van der Waals surface area contributed by atoms with E-state index in [2.05, 4.69) is 0 Å². The molecule has 104 valence electrons. The van der Waals surface area contributed by atoms with Crippen molar-refractivity contribution in [2.24, 2.45) is 0 Å². The first-order valence-corrected chi connectivity index (χ1v) is 5.79. The van der Waals surface area contributed by atoms with Crippen molar-refractivity contribution in [3.05, 3.63) is 0 Å². The van der Waals surface area contributed by atoms with Gasteiger partial charge in [0.25, 0.3) is 0 Å². The number of nitrogens with zero attached hydrogens (tertiary/aromatic N) is 1. The van der Waals surface area contributed by atoms with Gasteiger partial charge in [-0.2, -0.15) is 0 Å². The molecule has 1 rings (SSSR count). The second-order valence-corrected chi connectivity index (χ2v) is 5.29. The predicted molar refractivity (Wildman–Crippen MR) is 64.4 cm³/mol. The molecule has 0 saturated carbocycles. The first kappa shape index (κ1) is 10.6. The molecule has 0 bridgehead atoms. The van der Waals surface area contributed by atoms with E-state index in [-0.39, 0.29) is 19.4 Å². The van der Waals surface area contributed by atoms with E-state index in [1.54, 1.807) is 20.8 Å². The minimum absolute atomic E-state index is 0.0760. The van der Waals surface area contributed by atoms with Crippen molar-refractivity contribution < 1.29 is 28.3 Å². The number of carbonyl (C=O) groups excluding carboxylic acids is 1. The van der Waals surface area contributed by atoms with E-state index in [4.69, 9.17) is 13.6 Å². The van der Waals surface area contributed by atoms with Crippen LogP contribution < -0.4 is 0 Å². The number of methoxy groups -OCH3 is 1. The molecule has 18 heavy (non-hydrogen) atoms.